The molecule has 1 aromatic rings. The summed E-state index contributed by atoms with van der Waals surface area (Å²) in [4.78, 5) is 60.4. The summed E-state index contributed by atoms with van der Waals surface area (Å²) in [6.45, 7) is 2.57. The van der Waals surface area contributed by atoms with Crippen LogP contribution in [0.25, 0.3) is 0 Å². The number of carbonyl (C=O) groups excluding carboxylic acids is 3. The van der Waals surface area contributed by atoms with Gasteiger partial charge in [0, 0.05) is 30.3 Å². The molecule has 0 aromatic carbocycles. The minimum Gasteiger partial charge on any atom is -0.462 e. The predicted octanol–water partition coefficient (Wildman–Crippen LogP) is -0.595. The maximum absolute atomic E-state index is 11.4. The number of aromatic amines is 2. The van der Waals surface area contributed by atoms with Gasteiger partial charge in [0.05, 0.1) is 12.5 Å². The zero-order chi connectivity index (χ0) is 18.8. The second-order valence-electron chi connectivity index (χ2n) is 5.05. The van der Waals surface area contributed by atoms with Crippen molar-refractivity contribution < 1.29 is 28.6 Å². The van der Waals surface area contributed by atoms with Crippen LogP contribution in [0.1, 0.15) is 19.4 Å². The number of carbonyl (C=O) groups is 3. The van der Waals surface area contributed by atoms with Crippen LogP contribution in [0.3, 0.4) is 0 Å². The van der Waals surface area contributed by atoms with Gasteiger partial charge in [-0.15, -0.1) is 0 Å². The zero-order valence-electron chi connectivity index (χ0n) is 13.7. The van der Waals surface area contributed by atoms with Crippen molar-refractivity contribution in [1.82, 2.24) is 9.97 Å². The smallest absolute Gasteiger partial charge is 0.333 e. The summed E-state index contributed by atoms with van der Waals surface area (Å²) in [6.07, 6.45) is 2.96. The van der Waals surface area contributed by atoms with Crippen LogP contribution in [0.4, 0.5) is 0 Å². The van der Waals surface area contributed by atoms with E-state index in [4.69, 9.17) is 4.74 Å². The van der Waals surface area contributed by atoms with E-state index in [2.05, 4.69) is 14.5 Å². The van der Waals surface area contributed by atoms with Crippen LogP contribution in [-0.4, -0.2) is 41.3 Å². The van der Waals surface area contributed by atoms with Crippen molar-refractivity contribution in [3.05, 3.63) is 44.8 Å². The first kappa shape index (κ1) is 19.9. The van der Waals surface area contributed by atoms with E-state index in [0.717, 1.165) is 12.2 Å². The Balaban J connectivity index is 2.30. The summed E-state index contributed by atoms with van der Waals surface area (Å²) >= 11 is 0. The Bertz CT molecular complexity index is 759. The van der Waals surface area contributed by atoms with E-state index in [1.807, 2.05) is 4.98 Å². The summed E-state index contributed by atoms with van der Waals surface area (Å²) in [5, 5.41) is 0. The SMILES string of the molecule is CC(C)C(=O)OCOC(=O)/C=C/C(=O)OCCc1c[nH]c(=O)[nH]c1=O. The molecule has 25 heavy (non-hydrogen) atoms. The standard InChI is InChI=1S/C15H18N2O8/c1-9(2)14(21)25-8-24-12(19)4-3-11(18)23-6-5-10-7-16-15(22)17-13(10)20/h3-4,7,9H,5-6,8H2,1-2H3,(H2,16,17,20,22)/b4-3+. The van der Waals surface area contributed by atoms with Crippen molar-refractivity contribution in [2.45, 2.75) is 20.3 Å². The third-order valence-corrected chi connectivity index (χ3v) is 2.74. The van der Waals surface area contributed by atoms with Crippen LogP contribution in [0.5, 0.6) is 0 Å². The van der Waals surface area contributed by atoms with Gasteiger partial charge in [0.1, 0.15) is 0 Å². The van der Waals surface area contributed by atoms with Crippen LogP contribution in [0, 0.1) is 5.92 Å². The Morgan fingerprint density at radius 2 is 1.72 bits per heavy atom. The fraction of sp³-hybridized carbons (Fsp3) is 0.400. The molecular formula is C15H18N2O8. The van der Waals surface area contributed by atoms with E-state index >= 15 is 0 Å². The minimum atomic E-state index is -0.884. The van der Waals surface area contributed by atoms with Crippen molar-refractivity contribution in [2.24, 2.45) is 5.92 Å². The summed E-state index contributed by atoms with van der Waals surface area (Å²) in [6, 6.07) is 0. The molecule has 0 aliphatic heterocycles. The Kier molecular flexibility index (Phi) is 7.83. The summed E-state index contributed by atoms with van der Waals surface area (Å²) in [7, 11) is 0. The fourth-order valence-corrected chi connectivity index (χ4v) is 1.43. The van der Waals surface area contributed by atoms with Gasteiger partial charge in [-0.1, -0.05) is 13.8 Å². The maximum atomic E-state index is 11.4. The highest BCUT2D eigenvalue weighted by Gasteiger charge is 2.09. The molecule has 0 bridgehead atoms. The monoisotopic (exact) mass is 354 g/mol. The third-order valence-electron chi connectivity index (χ3n) is 2.74. The first-order valence-corrected chi connectivity index (χ1v) is 7.28. The molecule has 0 saturated heterocycles. The van der Waals surface area contributed by atoms with E-state index < -0.39 is 35.9 Å². The molecular weight excluding hydrogens is 336 g/mol. The lowest BCUT2D eigenvalue weighted by molar-refractivity contribution is -0.166. The molecule has 1 rings (SSSR count). The molecule has 0 unspecified atom stereocenters. The average Bonchev–Trinajstić information content (AvgIpc) is 2.54. The topological polar surface area (TPSA) is 145 Å². The van der Waals surface area contributed by atoms with Gasteiger partial charge in [-0.05, 0) is 0 Å². The number of aromatic nitrogens is 2. The fourth-order valence-electron chi connectivity index (χ4n) is 1.43. The molecule has 0 atom stereocenters. The molecule has 0 saturated carbocycles. The number of H-pyrrole nitrogens is 2. The number of esters is 3. The predicted molar refractivity (Wildman–Crippen MR) is 83.4 cm³/mol. The molecule has 0 aliphatic rings. The van der Waals surface area contributed by atoms with Crippen LogP contribution in [0.2, 0.25) is 0 Å². The average molecular weight is 354 g/mol. The summed E-state index contributed by atoms with van der Waals surface area (Å²) < 4.78 is 14.0. The number of hydrogen-bond acceptors (Lipinski definition) is 8. The van der Waals surface area contributed by atoms with Gasteiger partial charge in [-0.2, -0.15) is 0 Å². The Morgan fingerprint density at radius 1 is 1.08 bits per heavy atom. The summed E-state index contributed by atoms with van der Waals surface area (Å²) in [5.74, 6) is -2.57. The molecule has 1 aromatic heterocycles. The Labute approximate surface area is 141 Å². The molecule has 0 radical (unpaired) electrons. The minimum absolute atomic E-state index is 0.0846. The van der Waals surface area contributed by atoms with Gasteiger partial charge in [-0.3, -0.25) is 14.6 Å². The quantitative estimate of drug-likeness (QED) is 0.358. The first-order chi connectivity index (χ1) is 11.8. The van der Waals surface area contributed by atoms with E-state index in [1.54, 1.807) is 13.8 Å². The van der Waals surface area contributed by atoms with Gasteiger partial charge in [0.25, 0.3) is 5.56 Å². The molecule has 0 fully saturated rings. The second kappa shape index (κ2) is 9.85. The van der Waals surface area contributed by atoms with Gasteiger partial charge in [0.2, 0.25) is 6.79 Å². The second-order valence-corrected chi connectivity index (χ2v) is 5.05. The first-order valence-electron chi connectivity index (χ1n) is 7.28. The van der Waals surface area contributed by atoms with E-state index in [9.17, 15) is 24.0 Å². The van der Waals surface area contributed by atoms with Crippen LogP contribution in [-0.2, 0) is 35.0 Å². The van der Waals surface area contributed by atoms with Gasteiger partial charge in [-0.25, -0.2) is 14.4 Å². The van der Waals surface area contributed by atoms with E-state index in [0.29, 0.717) is 0 Å². The number of nitrogens with one attached hydrogen (secondary N) is 2. The largest absolute Gasteiger partial charge is 0.462 e. The Hall–Kier alpha value is -3.17. The molecule has 1 heterocycles. The van der Waals surface area contributed by atoms with Gasteiger partial charge in [0.15, 0.2) is 0 Å². The number of rotatable bonds is 8. The lowest BCUT2D eigenvalue weighted by Crippen LogP contribution is -2.25. The molecule has 0 spiro atoms. The molecule has 0 amide bonds. The van der Waals surface area contributed by atoms with E-state index in [1.165, 1.54) is 6.20 Å². The number of ether oxygens (including phenoxy) is 3. The van der Waals surface area contributed by atoms with Crippen molar-refractivity contribution in [1.29, 1.82) is 0 Å². The Morgan fingerprint density at radius 3 is 2.32 bits per heavy atom. The molecule has 0 aliphatic carbocycles. The summed E-state index contributed by atoms with van der Waals surface area (Å²) in [5.41, 5.74) is -0.969. The van der Waals surface area contributed by atoms with Crippen molar-refractivity contribution >= 4 is 17.9 Å². The van der Waals surface area contributed by atoms with Gasteiger partial charge >= 0.3 is 23.6 Å². The third kappa shape index (κ3) is 7.77. The van der Waals surface area contributed by atoms with Crippen molar-refractivity contribution in [2.75, 3.05) is 13.4 Å². The maximum Gasteiger partial charge on any atom is 0.333 e. The zero-order valence-corrected chi connectivity index (χ0v) is 13.7. The van der Waals surface area contributed by atoms with Gasteiger partial charge < -0.3 is 19.2 Å². The molecule has 136 valence electrons. The highest BCUT2D eigenvalue weighted by Crippen LogP contribution is 1.96. The lowest BCUT2D eigenvalue weighted by Gasteiger charge is -2.06. The van der Waals surface area contributed by atoms with E-state index in [-0.39, 0.29) is 24.5 Å². The molecule has 10 nitrogen and oxygen atoms in total. The van der Waals surface area contributed by atoms with Crippen LogP contribution in [0.15, 0.2) is 27.9 Å². The van der Waals surface area contributed by atoms with Crippen LogP contribution >= 0.6 is 0 Å². The normalized spacial score (nSPS) is 10.7. The lowest BCUT2D eigenvalue weighted by atomic mass is 10.2. The van der Waals surface area contributed by atoms with Crippen molar-refractivity contribution in [3.63, 3.8) is 0 Å². The highest BCUT2D eigenvalue weighted by molar-refractivity contribution is 5.91. The van der Waals surface area contributed by atoms with Crippen LogP contribution < -0.4 is 11.2 Å². The highest BCUT2D eigenvalue weighted by atomic mass is 16.7. The molecule has 2 N–H and O–H groups in total. The number of hydrogen-bond donors (Lipinski definition) is 2. The molecule has 10 heteroatoms. The van der Waals surface area contributed by atoms with Crippen molar-refractivity contribution in [3.8, 4) is 0 Å².